The van der Waals surface area contributed by atoms with Gasteiger partial charge >= 0.3 is 6.18 Å². The van der Waals surface area contributed by atoms with E-state index in [2.05, 4.69) is 17.0 Å². The zero-order chi connectivity index (χ0) is 19.7. The Kier molecular flexibility index (Phi) is 5.38. The topological polar surface area (TPSA) is 23.6 Å². The molecule has 0 saturated carbocycles. The van der Waals surface area contributed by atoms with Crippen LogP contribution in [0.3, 0.4) is 0 Å². The largest absolute Gasteiger partial charge is 0.416 e. The molecular weight excluding hydrogens is 385 g/mol. The van der Waals surface area contributed by atoms with Crippen LogP contribution < -0.4 is 0 Å². The maximum absolute atomic E-state index is 12.8. The van der Waals surface area contributed by atoms with Gasteiger partial charge in [0, 0.05) is 37.6 Å². The number of carbonyl (C=O) groups is 1. The first-order chi connectivity index (χ1) is 13.4. The second-order valence-corrected chi connectivity index (χ2v) is 8.46. The van der Waals surface area contributed by atoms with Crippen molar-refractivity contribution in [1.82, 2.24) is 9.80 Å². The van der Waals surface area contributed by atoms with E-state index in [0.717, 1.165) is 37.2 Å². The first-order valence-electron chi connectivity index (χ1n) is 9.32. The summed E-state index contributed by atoms with van der Waals surface area (Å²) in [6.07, 6.45) is -3.52. The van der Waals surface area contributed by atoms with E-state index in [0.29, 0.717) is 19.6 Å². The van der Waals surface area contributed by atoms with E-state index in [1.807, 2.05) is 17.0 Å². The fraction of sp³-hybridized carbons (Fsp3) is 0.381. The van der Waals surface area contributed by atoms with Crippen molar-refractivity contribution in [3.8, 4) is 0 Å². The first kappa shape index (κ1) is 19.3. The van der Waals surface area contributed by atoms with Crippen LogP contribution in [0.5, 0.6) is 0 Å². The highest BCUT2D eigenvalue weighted by Gasteiger charge is 2.33. The summed E-state index contributed by atoms with van der Waals surface area (Å²) in [5.41, 5.74) is 1.48. The molecule has 148 valence electrons. The van der Waals surface area contributed by atoms with Crippen LogP contribution in [0.4, 0.5) is 13.2 Å². The van der Waals surface area contributed by atoms with Gasteiger partial charge in [0.25, 0.3) is 0 Å². The molecule has 1 atom stereocenters. The summed E-state index contributed by atoms with van der Waals surface area (Å²) in [6.45, 7) is 3.39. The molecule has 0 N–H and O–H groups in total. The molecule has 2 aliphatic rings. The highest BCUT2D eigenvalue weighted by atomic mass is 32.2. The number of nitrogens with zero attached hydrogens (tertiary/aromatic N) is 2. The fourth-order valence-electron chi connectivity index (χ4n) is 3.71. The Hall–Kier alpha value is -1.99. The molecule has 28 heavy (non-hydrogen) atoms. The van der Waals surface area contributed by atoms with Crippen molar-refractivity contribution < 1.29 is 18.0 Å². The van der Waals surface area contributed by atoms with Gasteiger partial charge in [-0.15, -0.1) is 11.8 Å². The number of amides is 1. The predicted octanol–water partition coefficient (Wildman–Crippen LogP) is 4.07. The first-order valence-corrected chi connectivity index (χ1v) is 10.2. The lowest BCUT2D eigenvalue weighted by Gasteiger charge is -2.35. The van der Waals surface area contributed by atoms with Crippen LogP contribution >= 0.6 is 11.8 Å². The van der Waals surface area contributed by atoms with Crippen molar-refractivity contribution in [3.63, 3.8) is 0 Å². The lowest BCUT2D eigenvalue weighted by atomic mass is 10.1. The van der Waals surface area contributed by atoms with E-state index in [1.54, 1.807) is 11.8 Å². The lowest BCUT2D eigenvalue weighted by Crippen LogP contribution is -2.50. The summed E-state index contributed by atoms with van der Waals surface area (Å²) in [6, 6.07) is 13.5. The molecule has 0 radical (unpaired) electrons. The minimum Gasteiger partial charge on any atom is -0.339 e. The monoisotopic (exact) mass is 406 g/mol. The van der Waals surface area contributed by atoms with Gasteiger partial charge in [-0.1, -0.05) is 30.3 Å². The SMILES string of the molecule is O=C([C@@H]1Cc2ccccc2S1)N1CCN(Cc2ccc(C(F)(F)F)cc2)CC1. The minimum atomic E-state index is -4.30. The van der Waals surface area contributed by atoms with Crippen molar-refractivity contribution >= 4 is 17.7 Å². The maximum Gasteiger partial charge on any atom is 0.416 e. The summed E-state index contributed by atoms with van der Waals surface area (Å²) in [5, 5.41) is -0.0427. The highest BCUT2D eigenvalue weighted by Crippen LogP contribution is 2.37. The van der Waals surface area contributed by atoms with E-state index in [1.165, 1.54) is 22.6 Å². The van der Waals surface area contributed by atoms with Crippen molar-refractivity contribution in [2.24, 2.45) is 0 Å². The summed E-state index contributed by atoms with van der Waals surface area (Å²) in [7, 11) is 0. The Balaban J connectivity index is 1.28. The molecule has 4 rings (SSSR count). The number of thioether (sulfide) groups is 1. The average Bonchev–Trinajstić information content (AvgIpc) is 3.12. The summed E-state index contributed by atoms with van der Waals surface area (Å²) in [5.74, 6) is 0.190. The van der Waals surface area contributed by atoms with Crippen LogP contribution in [0, 0.1) is 0 Å². The Morgan fingerprint density at radius 1 is 1.00 bits per heavy atom. The third-order valence-electron chi connectivity index (χ3n) is 5.29. The number of halogens is 3. The Morgan fingerprint density at radius 3 is 2.32 bits per heavy atom. The van der Waals surface area contributed by atoms with Crippen LogP contribution in [0.2, 0.25) is 0 Å². The van der Waals surface area contributed by atoms with Gasteiger partial charge in [-0.3, -0.25) is 9.69 Å². The molecular formula is C21H21F3N2OS. The third-order valence-corrected chi connectivity index (χ3v) is 6.60. The second-order valence-electron chi connectivity index (χ2n) is 7.21. The Bertz CT molecular complexity index is 820. The number of benzene rings is 2. The van der Waals surface area contributed by atoms with Gasteiger partial charge in [0.1, 0.15) is 0 Å². The summed E-state index contributed by atoms with van der Waals surface area (Å²) < 4.78 is 38.0. The number of piperazine rings is 1. The molecule has 2 aromatic rings. The number of hydrogen-bond donors (Lipinski definition) is 0. The summed E-state index contributed by atoms with van der Waals surface area (Å²) in [4.78, 5) is 18.1. The van der Waals surface area contributed by atoms with Crippen molar-refractivity contribution in [2.45, 2.75) is 29.3 Å². The van der Waals surface area contributed by atoms with Gasteiger partial charge in [0.2, 0.25) is 5.91 Å². The zero-order valence-corrected chi connectivity index (χ0v) is 16.1. The molecule has 1 saturated heterocycles. The number of hydrogen-bond acceptors (Lipinski definition) is 3. The van der Waals surface area contributed by atoms with E-state index >= 15 is 0 Å². The molecule has 2 aliphatic heterocycles. The number of alkyl halides is 3. The van der Waals surface area contributed by atoms with E-state index in [9.17, 15) is 18.0 Å². The Morgan fingerprint density at radius 2 is 1.68 bits per heavy atom. The fourth-order valence-corrected chi connectivity index (χ4v) is 4.99. The molecule has 2 aromatic carbocycles. The van der Waals surface area contributed by atoms with Crippen LogP contribution in [-0.2, 0) is 23.9 Å². The van der Waals surface area contributed by atoms with Crippen molar-refractivity contribution in [2.75, 3.05) is 26.2 Å². The smallest absolute Gasteiger partial charge is 0.339 e. The van der Waals surface area contributed by atoms with Crippen molar-refractivity contribution in [3.05, 3.63) is 65.2 Å². The molecule has 7 heteroatoms. The van der Waals surface area contributed by atoms with Crippen LogP contribution in [0.15, 0.2) is 53.4 Å². The summed E-state index contributed by atoms with van der Waals surface area (Å²) >= 11 is 1.65. The lowest BCUT2D eigenvalue weighted by molar-refractivity contribution is -0.137. The van der Waals surface area contributed by atoms with Crippen LogP contribution in [0.1, 0.15) is 16.7 Å². The van der Waals surface area contributed by atoms with Gasteiger partial charge in [0.15, 0.2) is 0 Å². The number of carbonyl (C=O) groups excluding carboxylic acids is 1. The van der Waals surface area contributed by atoms with Crippen LogP contribution in [-0.4, -0.2) is 47.1 Å². The quantitative estimate of drug-likeness (QED) is 0.768. The molecule has 0 aliphatic carbocycles. The molecule has 0 spiro atoms. The van der Waals surface area contributed by atoms with Gasteiger partial charge in [-0.2, -0.15) is 13.2 Å². The van der Waals surface area contributed by atoms with Crippen LogP contribution in [0.25, 0.3) is 0 Å². The second kappa shape index (κ2) is 7.79. The highest BCUT2D eigenvalue weighted by molar-refractivity contribution is 8.01. The van der Waals surface area contributed by atoms with Gasteiger partial charge in [-0.25, -0.2) is 0 Å². The van der Waals surface area contributed by atoms with Crippen molar-refractivity contribution in [1.29, 1.82) is 0 Å². The third kappa shape index (κ3) is 4.20. The molecule has 2 heterocycles. The number of fused-ring (bicyclic) bond motifs is 1. The molecule has 3 nitrogen and oxygen atoms in total. The molecule has 0 unspecified atom stereocenters. The zero-order valence-electron chi connectivity index (χ0n) is 15.3. The molecule has 0 bridgehead atoms. The normalized spacial score (nSPS) is 20.2. The molecule has 0 aromatic heterocycles. The molecule has 1 fully saturated rings. The average molecular weight is 406 g/mol. The predicted molar refractivity (Wildman–Crippen MR) is 103 cm³/mol. The van der Waals surface area contributed by atoms with E-state index in [4.69, 9.17) is 0 Å². The van der Waals surface area contributed by atoms with E-state index in [-0.39, 0.29) is 11.2 Å². The number of rotatable bonds is 3. The standard InChI is InChI=1S/C21H21F3N2OS/c22-21(23,24)17-7-5-15(6-8-17)14-25-9-11-26(12-10-25)20(27)19-13-16-3-1-2-4-18(16)28-19/h1-8,19H,9-14H2/t19-/m0/s1. The Labute approximate surface area is 166 Å². The van der Waals surface area contributed by atoms with Gasteiger partial charge < -0.3 is 4.90 Å². The maximum atomic E-state index is 12.8. The van der Waals surface area contributed by atoms with Gasteiger partial charge in [0.05, 0.1) is 10.8 Å². The minimum absolute atomic E-state index is 0.0427. The van der Waals surface area contributed by atoms with Gasteiger partial charge in [-0.05, 0) is 35.7 Å². The molecule has 1 amide bonds. The van der Waals surface area contributed by atoms with E-state index < -0.39 is 11.7 Å².